The van der Waals surface area contributed by atoms with E-state index in [0.29, 0.717) is 37.7 Å². The van der Waals surface area contributed by atoms with Crippen molar-refractivity contribution in [2.45, 2.75) is 76.7 Å². The molecule has 5 aliphatic carbocycles. The summed E-state index contributed by atoms with van der Waals surface area (Å²) in [6, 6.07) is 0. The number of ketones is 2. The van der Waals surface area contributed by atoms with E-state index in [1.807, 2.05) is 13.8 Å². The summed E-state index contributed by atoms with van der Waals surface area (Å²) in [5.41, 5.74) is -5.05. The molecule has 0 spiro atoms. The van der Waals surface area contributed by atoms with Crippen LogP contribution in [0.15, 0.2) is 23.8 Å². The summed E-state index contributed by atoms with van der Waals surface area (Å²) in [7, 11) is 0. The first kappa shape index (κ1) is 22.9. The summed E-state index contributed by atoms with van der Waals surface area (Å²) in [5.74, 6) is -2.74. The summed E-state index contributed by atoms with van der Waals surface area (Å²) in [5, 5.41) is 21.3. The molecule has 0 unspecified atom stereocenters. The van der Waals surface area contributed by atoms with Gasteiger partial charge in [-0.3, -0.25) is 14.4 Å². The average molecular weight is 461 g/mol. The second-order valence-electron chi connectivity index (χ2n) is 11.4. The summed E-state index contributed by atoms with van der Waals surface area (Å²) >= 11 is 0. The number of allylic oxidation sites excluding steroid dienone is 4. The van der Waals surface area contributed by atoms with E-state index in [0.717, 1.165) is 0 Å². The number of hydrogen-bond donors (Lipinski definition) is 2. The fourth-order valence-electron chi connectivity index (χ4n) is 8.08. The Labute approximate surface area is 193 Å². The number of esters is 1. The number of ether oxygens (including phenoxy) is 1. The Bertz CT molecular complexity index is 983. The molecule has 8 atom stereocenters. The molecular formula is C26H33FO6. The molecule has 5 rings (SSSR count). The zero-order valence-corrected chi connectivity index (χ0v) is 19.5. The molecule has 0 saturated heterocycles. The van der Waals surface area contributed by atoms with Gasteiger partial charge in [0.15, 0.2) is 17.1 Å². The molecule has 5 aliphatic rings. The number of Topliss-reactive ketones (excluding diaryl/α,β-unsaturated/α-hetero) is 1. The maximum Gasteiger partial charge on any atom is 0.309 e. The van der Waals surface area contributed by atoms with E-state index >= 15 is 4.39 Å². The fraction of sp³-hybridized carbons (Fsp3) is 0.731. The van der Waals surface area contributed by atoms with E-state index < -0.39 is 58.4 Å². The van der Waals surface area contributed by atoms with Crippen molar-refractivity contribution in [3.8, 4) is 0 Å². The van der Waals surface area contributed by atoms with Crippen LogP contribution in [-0.4, -0.2) is 51.7 Å². The number of halogens is 1. The van der Waals surface area contributed by atoms with Crippen molar-refractivity contribution in [3.05, 3.63) is 23.8 Å². The second kappa shape index (κ2) is 7.08. The minimum atomic E-state index is -2.02. The lowest BCUT2D eigenvalue weighted by atomic mass is 9.44. The monoisotopic (exact) mass is 460 g/mol. The van der Waals surface area contributed by atoms with Gasteiger partial charge in [-0.15, -0.1) is 0 Å². The first-order valence-electron chi connectivity index (χ1n) is 12.1. The minimum absolute atomic E-state index is 0.0661. The normalized spacial score (nSPS) is 48.4. The molecule has 7 heteroatoms. The van der Waals surface area contributed by atoms with Crippen LogP contribution < -0.4 is 0 Å². The van der Waals surface area contributed by atoms with Crippen molar-refractivity contribution in [1.29, 1.82) is 0 Å². The van der Waals surface area contributed by atoms with Gasteiger partial charge in [0.1, 0.15) is 6.61 Å². The van der Waals surface area contributed by atoms with Gasteiger partial charge >= 0.3 is 5.97 Å². The number of carbonyl (C=O) groups excluding carboxylic acids is 3. The maximum absolute atomic E-state index is 17.2. The summed E-state index contributed by atoms with van der Waals surface area (Å²) in [6.07, 6.45) is 5.83. The predicted molar refractivity (Wildman–Crippen MR) is 117 cm³/mol. The lowest BCUT2D eigenvalue weighted by molar-refractivity contribution is -0.228. The Balaban J connectivity index is 1.61. The molecule has 2 N–H and O–H groups in total. The molecule has 180 valence electrons. The number of hydrogen-bond acceptors (Lipinski definition) is 6. The zero-order valence-electron chi connectivity index (χ0n) is 19.5. The van der Waals surface area contributed by atoms with Crippen LogP contribution in [-0.2, 0) is 19.1 Å². The highest BCUT2D eigenvalue weighted by Crippen LogP contribution is 2.71. The lowest BCUT2D eigenvalue weighted by Gasteiger charge is -2.62. The smallest absolute Gasteiger partial charge is 0.309 e. The number of aliphatic hydroxyl groups excluding tert-OH is 2. The molecule has 0 radical (unpaired) electrons. The lowest BCUT2D eigenvalue weighted by Crippen LogP contribution is -2.70. The first-order valence-corrected chi connectivity index (χ1v) is 12.1. The quantitative estimate of drug-likeness (QED) is 0.626. The molecular weight excluding hydrogens is 427 g/mol. The van der Waals surface area contributed by atoms with Crippen LogP contribution in [0.5, 0.6) is 0 Å². The second-order valence-corrected chi connectivity index (χ2v) is 11.4. The SMILES string of the molecule is C[C@@H]1C[C@H]2[C@@H]3CCC4=CC(=O)C=C[C@]4(C)[C@@]3(F)[C@@H](O)C[C@]2(C)[C@@]1(OC(=O)C1CC1)C(=O)CO. The Morgan fingerprint density at radius 1 is 1.21 bits per heavy atom. The van der Waals surface area contributed by atoms with Gasteiger partial charge in [0, 0.05) is 22.7 Å². The third kappa shape index (κ3) is 2.69. The summed E-state index contributed by atoms with van der Waals surface area (Å²) in [6.45, 7) is 4.63. The third-order valence-corrected chi connectivity index (χ3v) is 9.91. The van der Waals surface area contributed by atoms with E-state index in [2.05, 4.69) is 0 Å². The van der Waals surface area contributed by atoms with E-state index in [-0.39, 0.29) is 24.0 Å². The first-order chi connectivity index (χ1) is 15.5. The van der Waals surface area contributed by atoms with Crippen molar-refractivity contribution in [3.63, 3.8) is 0 Å². The van der Waals surface area contributed by atoms with Gasteiger partial charge < -0.3 is 14.9 Å². The number of rotatable bonds is 4. The van der Waals surface area contributed by atoms with Crippen molar-refractivity contribution in [1.82, 2.24) is 0 Å². The minimum Gasteiger partial charge on any atom is -0.450 e. The largest absolute Gasteiger partial charge is 0.450 e. The predicted octanol–water partition coefficient (Wildman–Crippen LogP) is 2.86. The highest BCUT2D eigenvalue weighted by Gasteiger charge is 2.77. The number of aliphatic hydroxyl groups is 2. The van der Waals surface area contributed by atoms with Gasteiger partial charge in [0.2, 0.25) is 5.78 Å². The highest BCUT2D eigenvalue weighted by molar-refractivity contribution is 6.01. The van der Waals surface area contributed by atoms with Crippen LogP contribution in [0.25, 0.3) is 0 Å². The zero-order chi connectivity index (χ0) is 24.0. The van der Waals surface area contributed by atoms with Crippen LogP contribution >= 0.6 is 0 Å². The van der Waals surface area contributed by atoms with E-state index in [4.69, 9.17) is 4.74 Å². The van der Waals surface area contributed by atoms with Crippen LogP contribution in [0.2, 0.25) is 0 Å². The van der Waals surface area contributed by atoms with Crippen LogP contribution in [0, 0.1) is 34.5 Å². The fourth-order valence-corrected chi connectivity index (χ4v) is 8.08. The van der Waals surface area contributed by atoms with Gasteiger partial charge in [-0.25, -0.2) is 4.39 Å². The molecule has 33 heavy (non-hydrogen) atoms. The molecule has 0 aromatic rings. The maximum atomic E-state index is 17.2. The summed E-state index contributed by atoms with van der Waals surface area (Å²) in [4.78, 5) is 38.1. The molecule has 6 nitrogen and oxygen atoms in total. The number of carbonyl (C=O) groups is 3. The third-order valence-electron chi connectivity index (χ3n) is 9.91. The van der Waals surface area contributed by atoms with Crippen LogP contribution in [0.1, 0.15) is 59.3 Å². The van der Waals surface area contributed by atoms with E-state index in [9.17, 15) is 24.6 Å². The van der Waals surface area contributed by atoms with Crippen LogP contribution in [0.3, 0.4) is 0 Å². The van der Waals surface area contributed by atoms with E-state index in [1.165, 1.54) is 12.2 Å². The van der Waals surface area contributed by atoms with Crippen molar-refractivity contribution in [2.75, 3.05) is 6.61 Å². The molecule has 0 aromatic carbocycles. The Morgan fingerprint density at radius 3 is 2.55 bits per heavy atom. The standard InChI is InChI=1S/C26H33FO6/c1-14-10-19-18-7-6-16-11-17(29)8-9-23(16,2)25(18,27)20(30)12-24(19,3)26(14,21(31)13-28)33-22(32)15-4-5-15/h8-9,11,14-15,18-20,28,30H,4-7,10,12-13H2,1-3H3/t14-,18+,19+,20+,23+,24+,25+,26+/m1/s1. The van der Waals surface area contributed by atoms with Crippen molar-refractivity contribution >= 4 is 17.5 Å². The molecule has 4 fully saturated rings. The molecule has 0 aliphatic heterocycles. The van der Waals surface area contributed by atoms with Gasteiger partial charge in [-0.05, 0) is 63.5 Å². The number of fused-ring (bicyclic) bond motifs is 5. The summed E-state index contributed by atoms with van der Waals surface area (Å²) < 4.78 is 23.2. The molecule has 0 aromatic heterocycles. The number of alkyl halides is 1. The molecule has 0 amide bonds. The Kier molecular flexibility index (Phi) is 4.91. The topological polar surface area (TPSA) is 101 Å². The van der Waals surface area contributed by atoms with E-state index in [1.54, 1.807) is 13.0 Å². The van der Waals surface area contributed by atoms with Gasteiger partial charge in [0.25, 0.3) is 0 Å². The Morgan fingerprint density at radius 2 is 1.91 bits per heavy atom. The van der Waals surface area contributed by atoms with Crippen molar-refractivity contribution in [2.24, 2.45) is 34.5 Å². The molecule has 0 bridgehead atoms. The van der Waals surface area contributed by atoms with Crippen LogP contribution in [0.4, 0.5) is 4.39 Å². The Hall–Kier alpha value is -1.86. The van der Waals surface area contributed by atoms with Gasteiger partial charge in [-0.1, -0.05) is 25.5 Å². The van der Waals surface area contributed by atoms with Gasteiger partial charge in [0.05, 0.1) is 12.0 Å². The highest BCUT2D eigenvalue weighted by atomic mass is 19.1. The van der Waals surface area contributed by atoms with Gasteiger partial charge in [-0.2, -0.15) is 0 Å². The molecule has 0 heterocycles. The van der Waals surface area contributed by atoms with Crippen molar-refractivity contribution < 1.29 is 33.7 Å². The average Bonchev–Trinajstić information content (AvgIpc) is 3.58. The molecule has 4 saturated carbocycles.